The quantitative estimate of drug-likeness (QED) is 0.784. The van der Waals surface area contributed by atoms with E-state index in [4.69, 9.17) is 0 Å². The van der Waals surface area contributed by atoms with Crippen LogP contribution < -0.4 is 4.72 Å². The monoisotopic (exact) mass is 287 g/mol. The lowest BCUT2D eigenvalue weighted by Crippen LogP contribution is -2.27. The molecule has 0 heterocycles. The van der Waals surface area contributed by atoms with Gasteiger partial charge in [0.1, 0.15) is 0 Å². The van der Waals surface area contributed by atoms with Gasteiger partial charge in [-0.25, -0.2) is 13.1 Å². The summed E-state index contributed by atoms with van der Waals surface area (Å²) < 4.78 is 25.1. The highest BCUT2D eigenvalue weighted by Crippen LogP contribution is 2.22. The van der Waals surface area contributed by atoms with Crippen LogP contribution in [0.1, 0.15) is 26.3 Å². The van der Waals surface area contributed by atoms with E-state index in [0.29, 0.717) is 11.8 Å². The molecule has 0 bridgehead atoms. The van der Waals surface area contributed by atoms with Crippen molar-refractivity contribution in [2.75, 3.05) is 12.3 Å². The molecule has 18 heavy (non-hydrogen) atoms. The van der Waals surface area contributed by atoms with Crippen molar-refractivity contribution in [3.05, 3.63) is 29.8 Å². The van der Waals surface area contributed by atoms with Gasteiger partial charge in [0.25, 0.3) is 0 Å². The van der Waals surface area contributed by atoms with Crippen LogP contribution in [0.2, 0.25) is 0 Å². The van der Waals surface area contributed by atoms with E-state index in [0.717, 1.165) is 12.0 Å². The van der Waals surface area contributed by atoms with Gasteiger partial charge < -0.3 is 0 Å². The molecule has 0 aromatic heterocycles. The molecule has 0 atom stereocenters. The number of nitrogens with one attached hydrogen (secondary N) is 1. The van der Waals surface area contributed by atoms with E-state index in [-0.39, 0.29) is 5.75 Å². The van der Waals surface area contributed by atoms with E-state index < -0.39 is 10.0 Å². The number of thioether (sulfide) groups is 1. The van der Waals surface area contributed by atoms with E-state index in [1.54, 1.807) is 6.92 Å². The molecule has 0 saturated carbocycles. The molecule has 0 aliphatic rings. The number of sulfonamides is 1. The van der Waals surface area contributed by atoms with Crippen molar-refractivity contribution in [3.63, 3.8) is 0 Å². The smallest absolute Gasteiger partial charge is 0.211 e. The summed E-state index contributed by atoms with van der Waals surface area (Å²) in [6.07, 6.45) is 0.728. The Balaban J connectivity index is 2.44. The molecule has 3 nitrogen and oxygen atoms in total. The summed E-state index contributed by atoms with van der Waals surface area (Å²) in [4.78, 5) is 1.25. The topological polar surface area (TPSA) is 46.2 Å². The number of hydrogen-bond acceptors (Lipinski definition) is 3. The maximum atomic E-state index is 11.3. The highest BCUT2D eigenvalue weighted by Gasteiger charge is 2.05. The fraction of sp³-hybridized carbons (Fsp3) is 0.538. The van der Waals surface area contributed by atoms with Crippen molar-refractivity contribution in [2.24, 2.45) is 0 Å². The minimum atomic E-state index is -3.07. The Morgan fingerprint density at radius 3 is 2.33 bits per heavy atom. The second-order valence-electron chi connectivity index (χ2n) is 4.36. The van der Waals surface area contributed by atoms with E-state index in [1.165, 1.54) is 4.90 Å². The van der Waals surface area contributed by atoms with Crippen LogP contribution in [0, 0.1) is 0 Å². The first-order valence-corrected chi connectivity index (χ1v) is 8.69. The first-order chi connectivity index (χ1) is 8.43. The summed E-state index contributed by atoms with van der Waals surface area (Å²) in [7, 11) is -3.07. The maximum Gasteiger partial charge on any atom is 0.211 e. The third kappa shape index (κ3) is 5.89. The summed E-state index contributed by atoms with van der Waals surface area (Å²) in [5.41, 5.74) is 1.15. The van der Waals surface area contributed by atoms with E-state index in [1.807, 2.05) is 11.8 Å². The van der Waals surface area contributed by atoms with Gasteiger partial charge in [-0.3, -0.25) is 0 Å². The zero-order chi connectivity index (χ0) is 13.6. The lowest BCUT2D eigenvalue weighted by atomic mass is 10.2. The average Bonchev–Trinajstić information content (AvgIpc) is 2.30. The SMILES string of the molecule is CCS(=O)(=O)NCCc1ccc(SC(C)C)cc1. The standard InChI is InChI=1S/C13H21NO2S2/c1-4-18(15,16)14-10-9-12-5-7-13(8-6-12)17-11(2)3/h5-8,11,14H,4,9-10H2,1-3H3. The predicted molar refractivity (Wildman–Crippen MR) is 78.6 cm³/mol. The first kappa shape index (κ1) is 15.5. The van der Waals surface area contributed by atoms with Gasteiger partial charge in [-0.05, 0) is 31.0 Å². The predicted octanol–water partition coefficient (Wildman–Crippen LogP) is 2.67. The molecule has 1 aromatic rings. The number of benzene rings is 1. The Morgan fingerprint density at radius 2 is 1.83 bits per heavy atom. The number of hydrogen-bond donors (Lipinski definition) is 1. The van der Waals surface area contributed by atoms with Crippen LogP contribution in [0.5, 0.6) is 0 Å². The molecule has 0 radical (unpaired) electrons. The second kappa shape index (κ2) is 7.16. The van der Waals surface area contributed by atoms with E-state index in [9.17, 15) is 8.42 Å². The maximum absolute atomic E-state index is 11.3. The van der Waals surface area contributed by atoms with Gasteiger partial charge in [0.2, 0.25) is 10.0 Å². The van der Waals surface area contributed by atoms with Crippen LogP contribution in [-0.2, 0) is 16.4 Å². The van der Waals surface area contributed by atoms with Crippen LogP contribution >= 0.6 is 11.8 Å². The highest BCUT2D eigenvalue weighted by atomic mass is 32.2. The van der Waals surface area contributed by atoms with Crippen molar-refractivity contribution in [3.8, 4) is 0 Å². The normalized spacial score (nSPS) is 12.0. The molecular formula is C13H21NO2S2. The van der Waals surface area contributed by atoms with Crippen molar-refractivity contribution < 1.29 is 8.42 Å². The van der Waals surface area contributed by atoms with Crippen molar-refractivity contribution in [1.82, 2.24) is 4.72 Å². The molecule has 0 spiro atoms. The molecule has 0 aliphatic carbocycles. The second-order valence-corrected chi connectivity index (χ2v) is 8.10. The third-order valence-electron chi connectivity index (χ3n) is 2.41. The van der Waals surface area contributed by atoms with Gasteiger partial charge in [0, 0.05) is 16.7 Å². The Hall–Kier alpha value is -0.520. The summed E-state index contributed by atoms with van der Waals surface area (Å²) >= 11 is 1.83. The largest absolute Gasteiger partial charge is 0.215 e. The number of rotatable bonds is 7. The Morgan fingerprint density at radius 1 is 1.22 bits per heavy atom. The van der Waals surface area contributed by atoms with Gasteiger partial charge in [-0.2, -0.15) is 0 Å². The van der Waals surface area contributed by atoms with Gasteiger partial charge in [-0.1, -0.05) is 26.0 Å². The average molecular weight is 287 g/mol. The summed E-state index contributed by atoms with van der Waals surface area (Å²) in [6, 6.07) is 8.30. The van der Waals surface area contributed by atoms with Gasteiger partial charge in [0.15, 0.2) is 0 Å². The molecule has 1 aromatic carbocycles. The van der Waals surface area contributed by atoms with Crippen molar-refractivity contribution in [1.29, 1.82) is 0 Å². The zero-order valence-electron chi connectivity index (χ0n) is 11.1. The molecular weight excluding hydrogens is 266 g/mol. The zero-order valence-corrected chi connectivity index (χ0v) is 12.8. The first-order valence-electron chi connectivity index (χ1n) is 6.16. The fourth-order valence-corrected chi connectivity index (χ4v) is 2.91. The van der Waals surface area contributed by atoms with Crippen LogP contribution in [0.15, 0.2) is 29.2 Å². The lowest BCUT2D eigenvalue weighted by Gasteiger charge is -2.07. The molecule has 0 fully saturated rings. The van der Waals surface area contributed by atoms with Crippen molar-refractivity contribution in [2.45, 2.75) is 37.3 Å². The molecule has 5 heteroatoms. The van der Waals surface area contributed by atoms with Gasteiger partial charge >= 0.3 is 0 Å². The van der Waals surface area contributed by atoms with Crippen LogP contribution in [-0.4, -0.2) is 26.0 Å². The third-order valence-corrected chi connectivity index (χ3v) is 4.83. The molecule has 0 unspecified atom stereocenters. The van der Waals surface area contributed by atoms with Crippen LogP contribution in [0.4, 0.5) is 0 Å². The van der Waals surface area contributed by atoms with Crippen molar-refractivity contribution >= 4 is 21.8 Å². The summed E-state index contributed by atoms with van der Waals surface area (Å²) in [6.45, 7) is 6.43. The Labute approximate surface area is 114 Å². The summed E-state index contributed by atoms with van der Waals surface area (Å²) in [5, 5.41) is 0.576. The van der Waals surface area contributed by atoms with E-state index in [2.05, 4.69) is 42.8 Å². The molecule has 1 N–H and O–H groups in total. The Kier molecular flexibility index (Phi) is 6.18. The van der Waals surface area contributed by atoms with Gasteiger partial charge in [-0.15, -0.1) is 11.8 Å². The van der Waals surface area contributed by atoms with Crippen LogP contribution in [0.3, 0.4) is 0 Å². The summed E-state index contributed by atoms with van der Waals surface area (Å²) in [5.74, 6) is 0.136. The Bertz CT molecular complexity index is 452. The molecule has 102 valence electrons. The fourth-order valence-electron chi connectivity index (χ4n) is 1.46. The molecule has 0 saturated heterocycles. The molecule has 0 amide bonds. The molecule has 0 aliphatic heterocycles. The highest BCUT2D eigenvalue weighted by molar-refractivity contribution is 7.99. The van der Waals surface area contributed by atoms with Gasteiger partial charge in [0.05, 0.1) is 5.75 Å². The lowest BCUT2D eigenvalue weighted by molar-refractivity contribution is 0.583. The molecule has 1 rings (SSSR count). The minimum Gasteiger partial charge on any atom is -0.215 e. The van der Waals surface area contributed by atoms with E-state index >= 15 is 0 Å². The minimum absolute atomic E-state index is 0.136. The van der Waals surface area contributed by atoms with Crippen LogP contribution in [0.25, 0.3) is 0 Å².